The maximum atomic E-state index is 11.6. The number of rotatable bonds is 5. The normalized spacial score (nSPS) is 10.7. The lowest BCUT2D eigenvalue weighted by atomic mass is 10.1. The second kappa shape index (κ2) is 6.97. The van der Waals surface area contributed by atoms with Gasteiger partial charge in [-0.2, -0.15) is 0 Å². The maximum absolute atomic E-state index is 11.6. The number of aromatic carboxylic acids is 1. The van der Waals surface area contributed by atoms with Gasteiger partial charge in [-0.1, -0.05) is 23.7 Å². The van der Waals surface area contributed by atoms with Gasteiger partial charge in [-0.15, -0.1) is 0 Å². The van der Waals surface area contributed by atoms with Gasteiger partial charge in [0.15, 0.2) is 0 Å². The standard InChI is InChI=1S/C19H13ClN4O3/c20-11-5-6-14-13(9-11)17(16(10-22-14)24-19-21-7-8-27-19)23-15-4-2-1-3-12(15)18(25)26/h1-10H,(H,21,24)(H,22,23)(H,25,26). The molecule has 0 saturated heterocycles. The number of pyridine rings is 1. The molecule has 0 aliphatic heterocycles. The Kier molecular flexibility index (Phi) is 4.35. The van der Waals surface area contributed by atoms with E-state index in [-0.39, 0.29) is 11.6 Å². The summed E-state index contributed by atoms with van der Waals surface area (Å²) in [5.41, 5.74) is 2.45. The van der Waals surface area contributed by atoms with Gasteiger partial charge in [-0.05, 0) is 30.3 Å². The van der Waals surface area contributed by atoms with Crippen molar-refractivity contribution in [2.75, 3.05) is 10.6 Å². The Morgan fingerprint density at radius 2 is 1.93 bits per heavy atom. The fourth-order valence-corrected chi connectivity index (χ4v) is 2.88. The summed E-state index contributed by atoms with van der Waals surface area (Å²) in [7, 11) is 0. The molecule has 0 unspecified atom stereocenters. The molecule has 0 radical (unpaired) electrons. The molecule has 8 heteroatoms. The average Bonchev–Trinajstić information content (AvgIpc) is 3.17. The van der Waals surface area contributed by atoms with Crippen LogP contribution in [-0.2, 0) is 0 Å². The smallest absolute Gasteiger partial charge is 0.337 e. The highest BCUT2D eigenvalue weighted by atomic mass is 35.5. The molecule has 4 aromatic rings. The summed E-state index contributed by atoms with van der Waals surface area (Å²) >= 11 is 6.17. The average molecular weight is 381 g/mol. The molecular formula is C19H13ClN4O3. The zero-order valence-corrected chi connectivity index (χ0v) is 14.6. The van der Waals surface area contributed by atoms with E-state index < -0.39 is 5.97 Å². The minimum atomic E-state index is -1.03. The van der Waals surface area contributed by atoms with E-state index in [1.54, 1.807) is 42.6 Å². The number of benzene rings is 2. The van der Waals surface area contributed by atoms with E-state index in [9.17, 15) is 9.90 Å². The molecule has 3 N–H and O–H groups in total. The van der Waals surface area contributed by atoms with Crippen LogP contribution in [0.15, 0.2) is 65.5 Å². The van der Waals surface area contributed by atoms with Crippen LogP contribution in [0.3, 0.4) is 0 Å². The monoisotopic (exact) mass is 380 g/mol. The number of carboxylic acid groups (broad SMARTS) is 1. The number of nitrogens with zero attached hydrogens (tertiary/aromatic N) is 2. The van der Waals surface area contributed by atoms with Crippen molar-refractivity contribution in [3.05, 3.63) is 71.7 Å². The summed E-state index contributed by atoms with van der Waals surface area (Å²) in [6.45, 7) is 0. The molecule has 0 aliphatic rings. The Balaban J connectivity index is 1.88. The Labute approximate surface area is 158 Å². The van der Waals surface area contributed by atoms with E-state index >= 15 is 0 Å². The van der Waals surface area contributed by atoms with Crippen LogP contribution in [0.25, 0.3) is 10.9 Å². The summed E-state index contributed by atoms with van der Waals surface area (Å²) in [6, 6.07) is 12.2. The lowest BCUT2D eigenvalue weighted by Gasteiger charge is -2.16. The molecule has 27 heavy (non-hydrogen) atoms. The first-order valence-corrected chi connectivity index (χ1v) is 8.34. The van der Waals surface area contributed by atoms with Crippen molar-refractivity contribution in [1.82, 2.24) is 9.97 Å². The number of anilines is 4. The quantitative estimate of drug-likeness (QED) is 0.444. The maximum Gasteiger partial charge on any atom is 0.337 e. The zero-order valence-electron chi connectivity index (χ0n) is 13.8. The lowest BCUT2D eigenvalue weighted by molar-refractivity contribution is 0.0698. The number of para-hydroxylation sites is 1. The number of oxazole rings is 1. The molecule has 0 amide bonds. The molecule has 134 valence electrons. The zero-order chi connectivity index (χ0) is 18.8. The van der Waals surface area contributed by atoms with Crippen molar-refractivity contribution in [1.29, 1.82) is 0 Å². The summed E-state index contributed by atoms with van der Waals surface area (Å²) in [5, 5.41) is 17.0. The number of nitrogens with one attached hydrogen (secondary N) is 2. The van der Waals surface area contributed by atoms with Gasteiger partial charge < -0.3 is 20.2 Å². The van der Waals surface area contributed by atoms with Crippen molar-refractivity contribution >= 4 is 51.5 Å². The number of fused-ring (bicyclic) bond motifs is 1. The van der Waals surface area contributed by atoms with Crippen LogP contribution in [0.4, 0.5) is 23.1 Å². The number of carbonyl (C=O) groups is 1. The molecule has 2 aromatic carbocycles. The summed E-state index contributed by atoms with van der Waals surface area (Å²) in [5.74, 6) is -1.03. The number of aromatic nitrogens is 2. The number of hydrogen-bond donors (Lipinski definition) is 3. The van der Waals surface area contributed by atoms with Crippen molar-refractivity contribution in [3.8, 4) is 0 Å². The fraction of sp³-hybridized carbons (Fsp3) is 0. The van der Waals surface area contributed by atoms with E-state index in [0.29, 0.717) is 27.6 Å². The van der Waals surface area contributed by atoms with E-state index in [0.717, 1.165) is 5.39 Å². The van der Waals surface area contributed by atoms with Crippen LogP contribution in [0, 0.1) is 0 Å². The van der Waals surface area contributed by atoms with Gasteiger partial charge in [-0.3, -0.25) is 4.98 Å². The van der Waals surface area contributed by atoms with Crippen LogP contribution in [-0.4, -0.2) is 21.0 Å². The lowest BCUT2D eigenvalue weighted by Crippen LogP contribution is -2.05. The SMILES string of the molecule is O=C(O)c1ccccc1Nc1c(Nc2ncco2)cnc2ccc(Cl)cc12. The Hall–Kier alpha value is -3.58. The minimum Gasteiger partial charge on any atom is -0.478 e. The van der Waals surface area contributed by atoms with Gasteiger partial charge in [0, 0.05) is 10.4 Å². The van der Waals surface area contributed by atoms with E-state index in [1.807, 2.05) is 0 Å². The molecule has 0 spiro atoms. The van der Waals surface area contributed by atoms with E-state index in [1.165, 1.54) is 18.5 Å². The molecule has 4 rings (SSSR count). The molecule has 0 bridgehead atoms. The van der Waals surface area contributed by atoms with Gasteiger partial charge in [-0.25, -0.2) is 9.78 Å². The molecule has 2 heterocycles. The summed E-state index contributed by atoms with van der Waals surface area (Å²) in [6.07, 6.45) is 4.58. The fourth-order valence-electron chi connectivity index (χ4n) is 2.71. The van der Waals surface area contributed by atoms with E-state index in [4.69, 9.17) is 16.0 Å². The first-order chi connectivity index (χ1) is 13.1. The van der Waals surface area contributed by atoms with E-state index in [2.05, 4.69) is 20.6 Å². The van der Waals surface area contributed by atoms with Gasteiger partial charge in [0.25, 0.3) is 6.01 Å². The predicted molar refractivity (Wildman–Crippen MR) is 103 cm³/mol. The van der Waals surface area contributed by atoms with Crippen LogP contribution >= 0.6 is 11.6 Å². The van der Waals surface area contributed by atoms with Gasteiger partial charge in [0.05, 0.1) is 40.5 Å². The highest BCUT2D eigenvalue weighted by Crippen LogP contribution is 2.36. The van der Waals surface area contributed by atoms with Crippen LogP contribution in [0.1, 0.15) is 10.4 Å². The second-order valence-electron chi connectivity index (χ2n) is 5.65. The molecule has 0 saturated carbocycles. The first-order valence-electron chi connectivity index (χ1n) is 7.96. The van der Waals surface area contributed by atoms with Crippen LogP contribution in [0.5, 0.6) is 0 Å². The molecule has 0 atom stereocenters. The Morgan fingerprint density at radius 1 is 1.07 bits per heavy atom. The Morgan fingerprint density at radius 3 is 2.70 bits per heavy atom. The first kappa shape index (κ1) is 16.9. The van der Waals surface area contributed by atoms with Crippen molar-refractivity contribution in [2.45, 2.75) is 0 Å². The van der Waals surface area contributed by atoms with Crippen molar-refractivity contribution in [2.24, 2.45) is 0 Å². The van der Waals surface area contributed by atoms with Crippen LogP contribution < -0.4 is 10.6 Å². The molecule has 2 aromatic heterocycles. The highest BCUT2D eigenvalue weighted by molar-refractivity contribution is 6.31. The highest BCUT2D eigenvalue weighted by Gasteiger charge is 2.15. The predicted octanol–water partition coefficient (Wildman–Crippen LogP) is 5.06. The van der Waals surface area contributed by atoms with Crippen LogP contribution in [0.2, 0.25) is 5.02 Å². The largest absolute Gasteiger partial charge is 0.478 e. The van der Waals surface area contributed by atoms with Gasteiger partial charge >= 0.3 is 5.97 Å². The summed E-state index contributed by atoms with van der Waals surface area (Å²) < 4.78 is 5.24. The van der Waals surface area contributed by atoms with Gasteiger partial charge in [0.2, 0.25) is 0 Å². The summed E-state index contributed by atoms with van der Waals surface area (Å²) in [4.78, 5) is 20.0. The van der Waals surface area contributed by atoms with Gasteiger partial charge in [0.1, 0.15) is 6.26 Å². The number of hydrogen-bond acceptors (Lipinski definition) is 6. The third kappa shape index (κ3) is 3.40. The van der Waals surface area contributed by atoms with Crippen molar-refractivity contribution < 1.29 is 14.3 Å². The molecule has 7 nitrogen and oxygen atoms in total. The molecular weight excluding hydrogens is 368 g/mol. The van der Waals surface area contributed by atoms with Crippen molar-refractivity contribution in [3.63, 3.8) is 0 Å². The minimum absolute atomic E-state index is 0.145. The topological polar surface area (TPSA) is 100 Å². The Bertz CT molecular complexity index is 1130. The molecule has 0 fully saturated rings. The molecule has 0 aliphatic carbocycles. The third-order valence-electron chi connectivity index (χ3n) is 3.92. The number of carboxylic acids is 1. The second-order valence-corrected chi connectivity index (χ2v) is 6.08. The number of halogens is 1. The third-order valence-corrected chi connectivity index (χ3v) is 4.16.